The van der Waals surface area contributed by atoms with Crippen LogP contribution in [0.15, 0.2) is 18.2 Å². The van der Waals surface area contributed by atoms with Crippen molar-refractivity contribution in [3.63, 3.8) is 0 Å². The minimum absolute atomic E-state index is 0.162. The molecule has 104 valence electrons. The van der Waals surface area contributed by atoms with E-state index >= 15 is 0 Å². The molecule has 19 heavy (non-hydrogen) atoms. The highest BCUT2D eigenvalue weighted by molar-refractivity contribution is 5.97. The van der Waals surface area contributed by atoms with Crippen LogP contribution in [-0.2, 0) is 4.74 Å². The van der Waals surface area contributed by atoms with E-state index in [4.69, 9.17) is 15.2 Å². The molecule has 1 saturated heterocycles. The molecule has 1 aromatic carbocycles. The molecule has 0 aliphatic carbocycles. The van der Waals surface area contributed by atoms with E-state index in [-0.39, 0.29) is 11.4 Å². The van der Waals surface area contributed by atoms with Gasteiger partial charge in [-0.05, 0) is 31.9 Å². The second-order valence-electron chi connectivity index (χ2n) is 5.13. The maximum absolute atomic E-state index is 12.3. The average molecular weight is 264 g/mol. The Balaban J connectivity index is 2.15. The summed E-state index contributed by atoms with van der Waals surface area (Å²) in [5, 5.41) is 3.02. The largest absolute Gasteiger partial charge is 0.496 e. The monoisotopic (exact) mass is 264 g/mol. The Labute approximate surface area is 113 Å². The van der Waals surface area contributed by atoms with Gasteiger partial charge in [-0.2, -0.15) is 0 Å². The zero-order valence-corrected chi connectivity index (χ0v) is 11.4. The molecule has 0 saturated carbocycles. The molecule has 5 nitrogen and oxygen atoms in total. The first-order chi connectivity index (χ1) is 9.04. The van der Waals surface area contributed by atoms with Gasteiger partial charge in [0.05, 0.1) is 24.8 Å². The van der Waals surface area contributed by atoms with E-state index in [2.05, 4.69) is 5.32 Å². The molecule has 5 heteroatoms. The summed E-state index contributed by atoms with van der Waals surface area (Å²) >= 11 is 0. The Morgan fingerprint density at radius 2 is 2.32 bits per heavy atom. The van der Waals surface area contributed by atoms with Crippen molar-refractivity contribution in [1.29, 1.82) is 0 Å². The van der Waals surface area contributed by atoms with E-state index in [1.807, 2.05) is 6.92 Å². The van der Waals surface area contributed by atoms with Crippen LogP contribution in [0.25, 0.3) is 0 Å². The van der Waals surface area contributed by atoms with Gasteiger partial charge in [0.1, 0.15) is 5.75 Å². The van der Waals surface area contributed by atoms with Gasteiger partial charge in [0, 0.05) is 18.4 Å². The fraction of sp³-hybridized carbons (Fsp3) is 0.500. The van der Waals surface area contributed by atoms with Crippen LogP contribution in [0, 0.1) is 0 Å². The fourth-order valence-electron chi connectivity index (χ4n) is 2.27. The molecule has 1 unspecified atom stereocenters. The van der Waals surface area contributed by atoms with Crippen LogP contribution < -0.4 is 15.8 Å². The number of anilines is 1. The summed E-state index contributed by atoms with van der Waals surface area (Å²) in [6.07, 6.45) is 1.87. The molecule has 1 aromatic rings. The van der Waals surface area contributed by atoms with Crippen molar-refractivity contribution in [1.82, 2.24) is 5.32 Å². The van der Waals surface area contributed by atoms with Gasteiger partial charge < -0.3 is 20.5 Å². The van der Waals surface area contributed by atoms with Crippen molar-refractivity contribution >= 4 is 11.6 Å². The first-order valence-corrected chi connectivity index (χ1v) is 6.38. The molecule has 1 aliphatic rings. The number of nitrogen functional groups attached to an aromatic ring is 1. The van der Waals surface area contributed by atoms with Crippen molar-refractivity contribution in [2.75, 3.05) is 26.1 Å². The molecule has 1 heterocycles. The van der Waals surface area contributed by atoms with Crippen LogP contribution in [0.2, 0.25) is 0 Å². The summed E-state index contributed by atoms with van der Waals surface area (Å²) in [5.41, 5.74) is 6.42. The summed E-state index contributed by atoms with van der Waals surface area (Å²) in [5.74, 6) is 0.322. The molecule has 0 bridgehead atoms. The van der Waals surface area contributed by atoms with Gasteiger partial charge in [0.15, 0.2) is 0 Å². The summed E-state index contributed by atoms with van der Waals surface area (Å²) in [6, 6.07) is 5.02. The molecule has 0 radical (unpaired) electrons. The zero-order chi connectivity index (χ0) is 13.9. The van der Waals surface area contributed by atoms with Gasteiger partial charge in [-0.15, -0.1) is 0 Å². The molecular weight excluding hydrogens is 244 g/mol. The quantitative estimate of drug-likeness (QED) is 0.813. The molecule has 1 atom stereocenters. The number of amides is 1. The van der Waals surface area contributed by atoms with E-state index in [9.17, 15) is 4.79 Å². The predicted octanol–water partition coefficient (Wildman–Crippen LogP) is 1.58. The van der Waals surface area contributed by atoms with Crippen LogP contribution in [0.3, 0.4) is 0 Å². The highest BCUT2D eigenvalue weighted by atomic mass is 16.5. The second kappa shape index (κ2) is 5.48. The standard InChI is InChI=1S/C14H20N2O3/c1-14(6-3-7-19-9-14)16-13(17)11-5-4-10(15)8-12(11)18-2/h4-5,8H,3,6-7,9,15H2,1-2H3,(H,16,17). The zero-order valence-electron chi connectivity index (χ0n) is 11.4. The number of methoxy groups -OCH3 is 1. The molecule has 1 fully saturated rings. The third kappa shape index (κ3) is 3.17. The Kier molecular flexibility index (Phi) is 3.95. The SMILES string of the molecule is COc1cc(N)ccc1C(=O)NC1(C)CCCOC1. The van der Waals surface area contributed by atoms with E-state index in [1.165, 1.54) is 7.11 Å². The van der Waals surface area contributed by atoms with Crippen LogP contribution in [0.4, 0.5) is 5.69 Å². The normalized spacial score (nSPS) is 22.8. The van der Waals surface area contributed by atoms with Crippen LogP contribution >= 0.6 is 0 Å². The van der Waals surface area contributed by atoms with Gasteiger partial charge >= 0.3 is 0 Å². The summed E-state index contributed by atoms with van der Waals surface area (Å²) in [4.78, 5) is 12.3. The number of carbonyl (C=O) groups excluding carboxylic acids is 1. The minimum atomic E-state index is -0.318. The Hall–Kier alpha value is -1.75. The molecule has 3 N–H and O–H groups in total. The molecule has 0 aromatic heterocycles. The first-order valence-electron chi connectivity index (χ1n) is 6.38. The lowest BCUT2D eigenvalue weighted by molar-refractivity contribution is 0.0272. The number of rotatable bonds is 3. The lowest BCUT2D eigenvalue weighted by atomic mass is 9.94. The van der Waals surface area contributed by atoms with Gasteiger partial charge in [0.2, 0.25) is 0 Å². The topological polar surface area (TPSA) is 73.6 Å². The van der Waals surface area contributed by atoms with E-state index in [0.29, 0.717) is 23.6 Å². The van der Waals surface area contributed by atoms with Crippen LogP contribution in [-0.4, -0.2) is 31.8 Å². The lowest BCUT2D eigenvalue weighted by Crippen LogP contribution is -2.51. The van der Waals surface area contributed by atoms with Gasteiger partial charge in [-0.3, -0.25) is 4.79 Å². The number of hydrogen-bond acceptors (Lipinski definition) is 4. The summed E-state index contributed by atoms with van der Waals surface area (Å²) in [7, 11) is 1.52. The Morgan fingerprint density at radius 1 is 1.53 bits per heavy atom. The van der Waals surface area contributed by atoms with Crippen molar-refractivity contribution in [3.8, 4) is 5.75 Å². The Morgan fingerprint density at radius 3 is 2.95 bits per heavy atom. The van der Waals surface area contributed by atoms with Crippen molar-refractivity contribution in [2.45, 2.75) is 25.3 Å². The fourth-order valence-corrected chi connectivity index (χ4v) is 2.27. The van der Waals surface area contributed by atoms with E-state index < -0.39 is 0 Å². The van der Waals surface area contributed by atoms with Crippen LogP contribution in [0.1, 0.15) is 30.1 Å². The third-order valence-electron chi connectivity index (χ3n) is 3.32. The molecule has 2 rings (SSSR count). The average Bonchev–Trinajstić information content (AvgIpc) is 2.38. The van der Waals surface area contributed by atoms with Gasteiger partial charge in [-0.1, -0.05) is 0 Å². The molecule has 0 spiro atoms. The lowest BCUT2D eigenvalue weighted by Gasteiger charge is -2.34. The van der Waals surface area contributed by atoms with Crippen molar-refractivity contribution in [3.05, 3.63) is 23.8 Å². The first kappa shape index (κ1) is 13.7. The number of benzene rings is 1. The third-order valence-corrected chi connectivity index (χ3v) is 3.32. The van der Waals surface area contributed by atoms with Gasteiger partial charge in [0.25, 0.3) is 5.91 Å². The number of hydrogen-bond donors (Lipinski definition) is 2. The van der Waals surface area contributed by atoms with E-state index in [0.717, 1.165) is 19.4 Å². The molecular formula is C14H20N2O3. The van der Waals surface area contributed by atoms with Gasteiger partial charge in [-0.25, -0.2) is 0 Å². The number of ether oxygens (including phenoxy) is 2. The van der Waals surface area contributed by atoms with Crippen molar-refractivity contribution < 1.29 is 14.3 Å². The van der Waals surface area contributed by atoms with E-state index in [1.54, 1.807) is 18.2 Å². The smallest absolute Gasteiger partial charge is 0.255 e. The number of nitrogens with two attached hydrogens (primary N) is 1. The van der Waals surface area contributed by atoms with Crippen LogP contribution in [0.5, 0.6) is 5.75 Å². The van der Waals surface area contributed by atoms with Crippen molar-refractivity contribution in [2.24, 2.45) is 0 Å². The maximum Gasteiger partial charge on any atom is 0.255 e. The highest BCUT2D eigenvalue weighted by Crippen LogP contribution is 2.24. The number of nitrogens with one attached hydrogen (secondary N) is 1. The Bertz CT molecular complexity index is 468. The molecule has 1 amide bonds. The maximum atomic E-state index is 12.3. The summed E-state index contributed by atoms with van der Waals surface area (Å²) < 4.78 is 10.6. The molecule has 1 aliphatic heterocycles. The minimum Gasteiger partial charge on any atom is -0.496 e. The highest BCUT2D eigenvalue weighted by Gasteiger charge is 2.30. The predicted molar refractivity (Wildman–Crippen MR) is 73.3 cm³/mol. The second-order valence-corrected chi connectivity index (χ2v) is 5.13. The summed E-state index contributed by atoms with van der Waals surface area (Å²) in [6.45, 7) is 3.29. The number of carbonyl (C=O) groups is 1.